The first kappa shape index (κ1) is 26.9. The van der Waals surface area contributed by atoms with Crippen LogP contribution in [0, 0.1) is 5.82 Å². The molecule has 1 aromatic heterocycles. The number of anilines is 2. The molecule has 0 bridgehead atoms. The number of carbonyl (C=O) groups is 2. The van der Waals surface area contributed by atoms with Gasteiger partial charge in [0.25, 0.3) is 5.91 Å². The largest absolute Gasteiger partial charge is 0.480 e. The van der Waals surface area contributed by atoms with E-state index in [9.17, 15) is 27.5 Å². The first-order valence-corrected chi connectivity index (χ1v) is 13.4. The van der Waals surface area contributed by atoms with Crippen LogP contribution in [0.2, 0.25) is 0 Å². The summed E-state index contributed by atoms with van der Waals surface area (Å²) in [6.45, 7) is 0.724. The zero-order valence-electron chi connectivity index (χ0n) is 20.2. The predicted molar refractivity (Wildman–Crippen MR) is 138 cm³/mol. The number of carboxylic acid groups (broad SMARTS) is 1. The quantitative estimate of drug-likeness (QED) is 0.301. The lowest BCUT2D eigenvalue weighted by atomic mass is 10.0. The Morgan fingerprint density at radius 3 is 2.39 bits per heavy atom. The predicted octanol–water partition coefficient (Wildman–Crippen LogP) is 1.86. The maximum Gasteiger partial charge on any atom is 0.323 e. The third kappa shape index (κ3) is 6.81. The fraction of sp³-hybridized carbons (Fsp3) is 0.280. The fourth-order valence-electron chi connectivity index (χ4n) is 4.05. The molecule has 2 heterocycles. The molecule has 2 aromatic carbocycles. The molecule has 0 radical (unpaired) electrons. The summed E-state index contributed by atoms with van der Waals surface area (Å²) in [6, 6.07) is 11.7. The van der Waals surface area contributed by atoms with E-state index in [-0.39, 0.29) is 16.5 Å². The second-order valence-electron chi connectivity index (χ2n) is 8.68. The van der Waals surface area contributed by atoms with Crippen molar-refractivity contribution in [2.45, 2.75) is 29.8 Å². The molecule has 1 saturated heterocycles. The molecular formula is C25H27FN6O5S. The SMILES string of the molecule is O=C(NC[C@H](NS(=O)(=O)c1ccccc1)C(=O)O)c1cc(N2CCC(Nc3ncccn3)CC2)ccc1F. The number of aliphatic carboxylic acids is 1. The highest BCUT2D eigenvalue weighted by atomic mass is 32.2. The van der Waals surface area contributed by atoms with Crippen LogP contribution in [0.15, 0.2) is 71.9 Å². The number of carbonyl (C=O) groups excluding carboxylic acids is 1. The molecule has 13 heteroatoms. The smallest absolute Gasteiger partial charge is 0.323 e. The van der Waals surface area contributed by atoms with Crippen molar-refractivity contribution in [3.05, 3.63) is 78.4 Å². The van der Waals surface area contributed by atoms with Gasteiger partial charge in [0.05, 0.1) is 10.5 Å². The fourth-order valence-corrected chi connectivity index (χ4v) is 5.26. The Morgan fingerprint density at radius 2 is 1.74 bits per heavy atom. The Bertz CT molecular complexity index is 1370. The second kappa shape index (κ2) is 12.0. The van der Waals surface area contributed by atoms with E-state index in [2.05, 4.69) is 25.3 Å². The van der Waals surface area contributed by atoms with Crippen LogP contribution in [0.5, 0.6) is 0 Å². The van der Waals surface area contributed by atoms with Crippen molar-refractivity contribution in [3.63, 3.8) is 0 Å². The Hall–Kier alpha value is -4.10. The molecule has 0 spiro atoms. The van der Waals surface area contributed by atoms with Crippen molar-refractivity contribution in [2.75, 3.05) is 29.9 Å². The van der Waals surface area contributed by atoms with Crippen molar-refractivity contribution in [2.24, 2.45) is 0 Å². The number of benzene rings is 2. The highest BCUT2D eigenvalue weighted by Crippen LogP contribution is 2.24. The third-order valence-electron chi connectivity index (χ3n) is 6.07. The number of carboxylic acids is 1. The van der Waals surface area contributed by atoms with E-state index in [1.165, 1.54) is 36.4 Å². The molecule has 1 fully saturated rings. The lowest BCUT2D eigenvalue weighted by Gasteiger charge is -2.34. The Labute approximate surface area is 219 Å². The summed E-state index contributed by atoms with van der Waals surface area (Å²) in [5, 5.41) is 15.1. The van der Waals surface area contributed by atoms with Crippen molar-refractivity contribution >= 4 is 33.5 Å². The zero-order valence-corrected chi connectivity index (χ0v) is 21.1. The van der Waals surface area contributed by atoms with Crippen LogP contribution in [-0.4, -0.2) is 67.1 Å². The van der Waals surface area contributed by atoms with Gasteiger partial charge < -0.3 is 20.6 Å². The molecule has 200 valence electrons. The number of rotatable bonds is 10. The summed E-state index contributed by atoms with van der Waals surface area (Å²) in [5.41, 5.74) is 0.376. The van der Waals surface area contributed by atoms with Gasteiger partial charge in [-0.15, -0.1) is 0 Å². The molecule has 4 rings (SSSR count). The van der Waals surface area contributed by atoms with E-state index >= 15 is 0 Å². The molecule has 1 atom stereocenters. The zero-order chi connectivity index (χ0) is 27.1. The number of nitrogens with one attached hydrogen (secondary N) is 3. The molecule has 1 aliphatic heterocycles. The molecule has 4 N–H and O–H groups in total. The van der Waals surface area contributed by atoms with Crippen LogP contribution >= 0.6 is 0 Å². The Kier molecular flexibility index (Phi) is 8.48. The summed E-state index contributed by atoms with van der Waals surface area (Å²) in [6.07, 6.45) is 4.87. The van der Waals surface area contributed by atoms with Crippen LogP contribution < -0.4 is 20.3 Å². The van der Waals surface area contributed by atoms with E-state index in [0.717, 1.165) is 12.8 Å². The van der Waals surface area contributed by atoms with Crippen LogP contribution in [0.4, 0.5) is 16.0 Å². The summed E-state index contributed by atoms with van der Waals surface area (Å²) >= 11 is 0. The van der Waals surface area contributed by atoms with Gasteiger partial charge in [-0.1, -0.05) is 18.2 Å². The summed E-state index contributed by atoms with van der Waals surface area (Å²) in [7, 11) is -4.15. The third-order valence-corrected chi connectivity index (χ3v) is 7.56. The number of hydrogen-bond donors (Lipinski definition) is 4. The van der Waals surface area contributed by atoms with Crippen LogP contribution in [0.1, 0.15) is 23.2 Å². The van der Waals surface area contributed by atoms with Gasteiger partial charge >= 0.3 is 5.97 Å². The number of amides is 1. The number of halogens is 1. The number of piperidine rings is 1. The monoisotopic (exact) mass is 542 g/mol. The minimum Gasteiger partial charge on any atom is -0.480 e. The minimum atomic E-state index is -4.15. The summed E-state index contributed by atoms with van der Waals surface area (Å²) in [5.74, 6) is -2.57. The summed E-state index contributed by atoms with van der Waals surface area (Å²) < 4.78 is 41.6. The number of aromatic nitrogens is 2. The van der Waals surface area contributed by atoms with Gasteiger partial charge in [0.15, 0.2) is 0 Å². The Balaban J connectivity index is 1.37. The van der Waals surface area contributed by atoms with Crippen molar-refractivity contribution in [1.82, 2.24) is 20.0 Å². The Morgan fingerprint density at radius 1 is 1.05 bits per heavy atom. The van der Waals surface area contributed by atoms with E-state index in [1.54, 1.807) is 30.6 Å². The second-order valence-corrected chi connectivity index (χ2v) is 10.4. The number of hydrogen-bond acceptors (Lipinski definition) is 8. The van der Waals surface area contributed by atoms with Crippen LogP contribution in [0.25, 0.3) is 0 Å². The van der Waals surface area contributed by atoms with E-state index in [1.807, 2.05) is 4.90 Å². The van der Waals surface area contributed by atoms with E-state index in [0.29, 0.717) is 24.7 Å². The minimum absolute atomic E-state index is 0.119. The number of nitrogens with zero attached hydrogens (tertiary/aromatic N) is 3. The molecular weight excluding hydrogens is 515 g/mol. The first-order chi connectivity index (χ1) is 18.2. The average Bonchev–Trinajstić information content (AvgIpc) is 2.92. The summed E-state index contributed by atoms with van der Waals surface area (Å²) in [4.78, 5) is 34.7. The topological polar surface area (TPSA) is 154 Å². The molecule has 1 aliphatic rings. The molecule has 38 heavy (non-hydrogen) atoms. The van der Waals surface area contributed by atoms with E-state index < -0.39 is 40.3 Å². The van der Waals surface area contributed by atoms with Gasteiger partial charge in [-0.2, -0.15) is 4.72 Å². The van der Waals surface area contributed by atoms with E-state index in [4.69, 9.17) is 0 Å². The highest BCUT2D eigenvalue weighted by molar-refractivity contribution is 7.89. The average molecular weight is 543 g/mol. The maximum absolute atomic E-state index is 14.5. The molecule has 11 nitrogen and oxygen atoms in total. The van der Waals surface area contributed by atoms with Gasteiger partial charge in [0.1, 0.15) is 11.9 Å². The molecule has 0 aliphatic carbocycles. The van der Waals surface area contributed by atoms with Crippen LogP contribution in [0.3, 0.4) is 0 Å². The van der Waals surface area contributed by atoms with Crippen molar-refractivity contribution < 1.29 is 27.5 Å². The number of sulfonamides is 1. The first-order valence-electron chi connectivity index (χ1n) is 11.9. The molecule has 0 saturated carbocycles. The van der Waals surface area contributed by atoms with Gasteiger partial charge in [-0.3, -0.25) is 9.59 Å². The van der Waals surface area contributed by atoms with Crippen molar-refractivity contribution in [1.29, 1.82) is 0 Å². The lowest BCUT2D eigenvalue weighted by Crippen LogP contribution is -2.48. The normalized spacial score (nSPS) is 15.0. The molecule has 1 amide bonds. The lowest BCUT2D eigenvalue weighted by molar-refractivity contribution is -0.138. The van der Waals surface area contributed by atoms with Crippen LogP contribution in [-0.2, 0) is 14.8 Å². The standard InChI is InChI=1S/C25H27FN6O5S/c26-21-8-7-18(32-13-9-17(10-14-32)30-25-27-11-4-12-28-25)15-20(21)23(33)29-16-22(24(34)35)31-38(36,37)19-5-2-1-3-6-19/h1-8,11-12,15,17,22,31H,9-10,13-14,16H2,(H,29,33)(H,34,35)(H,27,28,30)/t22-/m0/s1. The van der Waals surface area contributed by atoms with Gasteiger partial charge in [-0.25, -0.2) is 22.8 Å². The maximum atomic E-state index is 14.5. The highest BCUT2D eigenvalue weighted by Gasteiger charge is 2.27. The van der Waals surface area contributed by atoms with Gasteiger partial charge in [0, 0.05) is 43.8 Å². The molecule has 3 aromatic rings. The molecule has 0 unspecified atom stereocenters. The van der Waals surface area contributed by atoms with Gasteiger partial charge in [0.2, 0.25) is 16.0 Å². The van der Waals surface area contributed by atoms with Crippen molar-refractivity contribution in [3.8, 4) is 0 Å². The van der Waals surface area contributed by atoms with Gasteiger partial charge in [-0.05, 0) is 49.2 Å².